The van der Waals surface area contributed by atoms with Gasteiger partial charge in [-0.15, -0.1) is 0 Å². The molecule has 3 aromatic rings. The maximum absolute atomic E-state index is 13.7. The third kappa shape index (κ3) is 5.85. The topological polar surface area (TPSA) is 45.7 Å². The quantitative estimate of drug-likeness (QED) is 0.382. The molecule has 194 valence electrons. The number of carbonyl (C=O) groups excluding carboxylic acids is 1. The molecule has 0 amide bonds. The van der Waals surface area contributed by atoms with Crippen molar-refractivity contribution in [2.24, 2.45) is 5.92 Å². The minimum absolute atomic E-state index is 0.237. The van der Waals surface area contributed by atoms with Crippen molar-refractivity contribution in [2.75, 3.05) is 24.5 Å². The van der Waals surface area contributed by atoms with E-state index in [1.165, 1.54) is 22.8 Å². The van der Waals surface area contributed by atoms with E-state index in [2.05, 4.69) is 48.8 Å². The van der Waals surface area contributed by atoms with Crippen molar-refractivity contribution in [1.82, 2.24) is 9.88 Å². The summed E-state index contributed by atoms with van der Waals surface area (Å²) in [7, 11) is 0. The Morgan fingerprint density at radius 3 is 2.73 bits per heavy atom. The number of aromatic nitrogens is 1. The number of fused-ring (bicyclic) bond motifs is 1. The number of ether oxygens (including phenoxy) is 1. The number of rotatable bonds is 7. The molecule has 2 atom stereocenters. The first kappa shape index (κ1) is 25.4. The normalized spacial score (nSPS) is 20.0. The highest BCUT2D eigenvalue weighted by Crippen LogP contribution is 2.32. The predicted molar refractivity (Wildman–Crippen MR) is 145 cm³/mol. The van der Waals surface area contributed by atoms with Gasteiger partial charge in [0, 0.05) is 44.0 Å². The molecular weight excluding hydrogens is 465 g/mol. The average molecular weight is 502 g/mol. The standard InChI is InChI=1S/C31H36FN3O2/c1-21(2)13-27-19-34(18-23-14-22(3)29-9-8-28(20-36)37-30(29)15-23)11-12-35(27)31-10-7-25(17-33-31)24-5-4-6-26(32)16-24/h4-7,10,14-17,20-21,27-28H,8-9,11-13,18-19H2,1-3H3/t27-,28?/m1/s1. The monoisotopic (exact) mass is 501 g/mol. The van der Waals surface area contributed by atoms with Gasteiger partial charge in [0.05, 0.1) is 0 Å². The van der Waals surface area contributed by atoms with E-state index < -0.39 is 0 Å². The molecule has 0 bridgehead atoms. The molecule has 2 aliphatic rings. The lowest BCUT2D eigenvalue weighted by Gasteiger charge is -2.43. The number of hydrogen-bond donors (Lipinski definition) is 0. The van der Waals surface area contributed by atoms with E-state index in [9.17, 15) is 9.18 Å². The molecule has 1 fully saturated rings. The first-order valence-electron chi connectivity index (χ1n) is 13.3. The molecule has 1 saturated heterocycles. The second kappa shape index (κ2) is 11.0. The average Bonchev–Trinajstić information content (AvgIpc) is 2.88. The second-order valence-electron chi connectivity index (χ2n) is 10.8. The van der Waals surface area contributed by atoms with Crippen molar-refractivity contribution in [3.63, 3.8) is 0 Å². The molecule has 0 radical (unpaired) electrons. The predicted octanol–water partition coefficient (Wildman–Crippen LogP) is 5.83. The molecular formula is C31H36FN3O2. The van der Waals surface area contributed by atoms with E-state index in [-0.39, 0.29) is 11.9 Å². The number of nitrogens with zero attached hydrogens (tertiary/aromatic N) is 3. The highest BCUT2D eigenvalue weighted by atomic mass is 19.1. The molecule has 0 saturated carbocycles. The largest absolute Gasteiger partial charge is 0.483 e. The molecule has 2 aromatic carbocycles. The van der Waals surface area contributed by atoms with Crippen LogP contribution in [0.2, 0.25) is 0 Å². The van der Waals surface area contributed by atoms with Gasteiger partial charge in [-0.25, -0.2) is 9.37 Å². The zero-order chi connectivity index (χ0) is 25.9. The van der Waals surface area contributed by atoms with Crippen LogP contribution in [-0.4, -0.2) is 48.0 Å². The Morgan fingerprint density at radius 1 is 1.14 bits per heavy atom. The van der Waals surface area contributed by atoms with E-state index in [4.69, 9.17) is 9.72 Å². The smallest absolute Gasteiger partial charge is 0.160 e. The Balaban J connectivity index is 1.30. The number of piperazine rings is 1. The number of pyridine rings is 1. The van der Waals surface area contributed by atoms with Crippen molar-refractivity contribution >= 4 is 12.1 Å². The molecule has 0 aliphatic carbocycles. The van der Waals surface area contributed by atoms with Gasteiger partial charge in [-0.2, -0.15) is 0 Å². The maximum atomic E-state index is 13.7. The van der Waals surface area contributed by atoms with Gasteiger partial charge < -0.3 is 9.64 Å². The molecule has 3 heterocycles. The number of hydrogen-bond acceptors (Lipinski definition) is 5. The number of aryl methyl sites for hydroxylation is 1. The summed E-state index contributed by atoms with van der Waals surface area (Å²) in [5, 5.41) is 0. The van der Waals surface area contributed by atoms with Gasteiger partial charge in [-0.3, -0.25) is 9.69 Å². The van der Waals surface area contributed by atoms with Gasteiger partial charge >= 0.3 is 0 Å². The Kier molecular flexibility index (Phi) is 7.56. The summed E-state index contributed by atoms with van der Waals surface area (Å²) >= 11 is 0. The van der Waals surface area contributed by atoms with Crippen LogP contribution in [-0.2, 0) is 17.8 Å². The van der Waals surface area contributed by atoms with Gasteiger partial charge in [-0.05, 0) is 84.7 Å². The minimum Gasteiger partial charge on any atom is -0.483 e. The zero-order valence-electron chi connectivity index (χ0n) is 22.0. The molecule has 1 unspecified atom stereocenters. The lowest BCUT2D eigenvalue weighted by atomic mass is 9.95. The number of halogens is 1. The summed E-state index contributed by atoms with van der Waals surface area (Å²) in [6.07, 6.45) is 5.17. The van der Waals surface area contributed by atoms with Crippen molar-refractivity contribution in [1.29, 1.82) is 0 Å². The number of carbonyl (C=O) groups is 1. The van der Waals surface area contributed by atoms with E-state index in [1.807, 2.05) is 18.3 Å². The fourth-order valence-corrected chi connectivity index (χ4v) is 5.74. The fourth-order valence-electron chi connectivity index (χ4n) is 5.74. The lowest BCUT2D eigenvalue weighted by molar-refractivity contribution is -0.114. The summed E-state index contributed by atoms with van der Waals surface area (Å²) < 4.78 is 19.6. The summed E-state index contributed by atoms with van der Waals surface area (Å²) in [4.78, 5) is 21.0. The highest BCUT2D eigenvalue weighted by Gasteiger charge is 2.29. The van der Waals surface area contributed by atoms with Gasteiger partial charge in [0.1, 0.15) is 17.4 Å². The zero-order valence-corrected chi connectivity index (χ0v) is 22.0. The first-order chi connectivity index (χ1) is 17.9. The molecule has 5 nitrogen and oxygen atoms in total. The van der Waals surface area contributed by atoms with Crippen LogP contribution in [0.5, 0.6) is 5.75 Å². The molecule has 37 heavy (non-hydrogen) atoms. The highest BCUT2D eigenvalue weighted by molar-refractivity contribution is 5.64. The molecule has 6 heteroatoms. The summed E-state index contributed by atoms with van der Waals surface area (Å²) in [6.45, 7) is 10.3. The Bertz CT molecular complexity index is 1240. The number of aldehydes is 1. The Labute approximate surface area is 219 Å². The van der Waals surface area contributed by atoms with E-state index in [1.54, 1.807) is 12.1 Å². The van der Waals surface area contributed by atoms with Crippen LogP contribution in [0.25, 0.3) is 11.1 Å². The minimum atomic E-state index is -0.332. The van der Waals surface area contributed by atoms with Gasteiger partial charge in [0.2, 0.25) is 0 Å². The van der Waals surface area contributed by atoms with Crippen LogP contribution in [0, 0.1) is 18.7 Å². The van der Waals surface area contributed by atoms with Gasteiger partial charge in [0.25, 0.3) is 0 Å². The first-order valence-corrected chi connectivity index (χ1v) is 13.3. The van der Waals surface area contributed by atoms with Crippen molar-refractivity contribution < 1.29 is 13.9 Å². The summed E-state index contributed by atoms with van der Waals surface area (Å²) in [6, 6.07) is 15.5. The molecule has 5 rings (SSSR count). The van der Waals surface area contributed by atoms with Crippen LogP contribution in [0.4, 0.5) is 10.2 Å². The summed E-state index contributed by atoms with van der Waals surface area (Å²) in [5.41, 5.74) is 5.47. The molecule has 0 N–H and O–H groups in total. The van der Waals surface area contributed by atoms with Crippen LogP contribution in [0.1, 0.15) is 43.4 Å². The van der Waals surface area contributed by atoms with Crippen molar-refractivity contribution in [3.05, 3.63) is 77.2 Å². The van der Waals surface area contributed by atoms with E-state index in [0.717, 1.165) is 74.4 Å². The number of anilines is 1. The Hall–Kier alpha value is -3.25. The molecule has 1 aromatic heterocycles. The Morgan fingerprint density at radius 2 is 2.00 bits per heavy atom. The summed E-state index contributed by atoms with van der Waals surface area (Å²) in [5.74, 6) is 2.18. The van der Waals surface area contributed by atoms with Crippen LogP contribution >= 0.6 is 0 Å². The van der Waals surface area contributed by atoms with Crippen LogP contribution in [0.15, 0.2) is 54.7 Å². The van der Waals surface area contributed by atoms with Gasteiger partial charge in [-0.1, -0.05) is 32.0 Å². The van der Waals surface area contributed by atoms with Crippen molar-refractivity contribution in [2.45, 2.75) is 58.7 Å². The van der Waals surface area contributed by atoms with Crippen LogP contribution < -0.4 is 9.64 Å². The lowest BCUT2D eigenvalue weighted by Crippen LogP contribution is -2.53. The third-order valence-electron chi connectivity index (χ3n) is 7.52. The molecule has 2 aliphatic heterocycles. The van der Waals surface area contributed by atoms with E-state index >= 15 is 0 Å². The van der Waals surface area contributed by atoms with Crippen molar-refractivity contribution in [3.8, 4) is 16.9 Å². The third-order valence-corrected chi connectivity index (χ3v) is 7.52. The number of benzene rings is 2. The SMILES string of the molecule is Cc1cc(CN2CCN(c3ccc(-c4cccc(F)c4)cn3)[C@H](CC(C)C)C2)cc2c1CCC(C=O)O2. The van der Waals surface area contributed by atoms with Gasteiger partial charge in [0.15, 0.2) is 12.4 Å². The maximum Gasteiger partial charge on any atom is 0.160 e. The van der Waals surface area contributed by atoms with E-state index in [0.29, 0.717) is 12.0 Å². The second-order valence-corrected chi connectivity index (χ2v) is 10.8. The van der Waals surface area contributed by atoms with Crippen LogP contribution in [0.3, 0.4) is 0 Å². The molecule has 0 spiro atoms. The fraction of sp³-hybridized carbons (Fsp3) is 0.419.